The normalized spacial score (nSPS) is 13.9. The molecule has 0 amide bonds. The summed E-state index contributed by atoms with van der Waals surface area (Å²) < 4.78 is 0. The van der Waals surface area contributed by atoms with Crippen molar-refractivity contribution in [1.82, 2.24) is 0 Å². The van der Waals surface area contributed by atoms with Gasteiger partial charge in [0, 0.05) is 5.92 Å². The zero-order chi connectivity index (χ0) is 5.70. The molecule has 1 unspecified atom stereocenters. The van der Waals surface area contributed by atoms with Crippen LogP contribution in [-0.2, 0) is 0 Å². The Kier molecular flexibility index (Phi) is 3.14. The Balaban J connectivity index is 3.42. The summed E-state index contributed by atoms with van der Waals surface area (Å²) >= 11 is 0. The second-order valence-electron chi connectivity index (χ2n) is 1.48. The van der Waals surface area contributed by atoms with Gasteiger partial charge in [-0.05, 0) is 13.8 Å². The highest BCUT2D eigenvalue weighted by atomic mass is 13.9. The lowest BCUT2D eigenvalue weighted by Crippen LogP contribution is -1.78. The van der Waals surface area contributed by atoms with Gasteiger partial charge in [0.25, 0.3) is 0 Å². The van der Waals surface area contributed by atoms with Crippen molar-refractivity contribution in [2.45, 2.75) is 13.8 Å². The van der Waals surface area contributed by atoms with Gasteiger partial charge in [0.2, 0.25) is 0 Å². The molecule has 1 atom stereocenters. The Morgan fingerprint density at radius 1 is 1.71 bits per heavy atom. The molecule has 0 rings (SSSR count). The van der Waals surface area contributed by atoms with Gasteiger partial charge < -0.3 is 0 Å². The van der Waals surface area contributed by atoms with Gasteiger partial charge in [0.1, 0.15) is 0 Å². The molecular weight excluding hydrogens is 84.1 g/mol. The molecule has 0 saturated carbocycles. The Morgan fingerprint density at radius 2 is 2.29 bits per heavy atom. The van der Waals surface area contributed by atoms with Crippen LogP contribution in [0.15, 0.2) is 12.2 Å². The summed E-state index contributed by atoms with van der Waals surface area (Å²) in [6.07, 6.45) is 9.01. The Labute approximate surface area is 45.2 Å². The highest BCUT2D eigenvalue weighted by molar-refractivity contribution is 5.01. The van der Waals surface area contributed by atoms with Crippen molar-refractivity contribution in [3.05, 3.63) is 12.2 Å². The van der Waals surface area contributed by atoms with Crippen LogP contribution in [0.4, 0.5) is 0 Å². The maximum absolute atomic E-state index is 5.06. The molecular formula is C7H10. The van der Waals surface area contributed by atoms with Crippen molar-refractivity contribution >= 4 is 0 Å². The van der Waals surface area contributed by atoms with Crippen LogP contribution in [-0.4, -0.2) is 0 Å². The van der Waals surface area contributed by atoms with Gasteiger partial charge in [0.15, 0.2) is 0 Å². The van der Waals surface area contributed by atoms with E-state index < -0.39 is 0 Å². The fraction of sp³-hybridized carbons (Fsp3) is 0.429. The number of hydrogen-bond acceptors (Lipinski definition) is 0. The van der Waals surface area contributed by atoms with Gasteiger partial charge in [-0.1, -0.05) is 18.1 Å². The van der Waals surface area contributed by atoms with Crippen molar-refractivity contribution in [3.8, 4) is 12.3 Å². The third kappa shape index (κ3) is 3.12. The van der Waals surface area contributed by atoms with Crippen LogP contribution in [0.5, 0.6) is 0 Å². The molecule has 0 heteroatoms. The molecule has 0 aliphatic rings. The van der Waals surface area contributed by atoms with Crippen molar-refractivity contribution < 1.29 is 0 Å². The van der Waals surface area contributed by atoms with Crippen LogP contribution in [0.2, 0.25) is 0 Å². The predicted octanol–water partition coefficient (Wildman–Crippen LogP) is 1.83. The number of terminal acetylenes is 1. The molecule has 0 N–H and O–H groups in total. The predicted molar refractivity (Wildman–Crippen MR) is 32.8 cm³/mol. The van der Waals surface area contributed by atoms with Crippen LogP contribution in [0.1, 0.15) is 13.8 Å². The van der Waals surface area contributed by atoms with Crippen molar-refractivity contribution in [3.63, 3.8) is 0 Å². The highest BCUT2D eigenvalue weighted by Gasteiger charge is 1.81. The van der Waals surface area contributed by atoms with E-state index in [0.717, 1.165) is 0 Å². The fourth-order valence-corrected chi connectivity index (χ4v) is 0.344. The number of allylic oxidation sites excluding steroid dienone is 2. The lowest BCUT2D eigenvalue weighted by Gasteiger charge is -1.87. The monoisotopic (exact) mass is 94.1 g/mol. The van der Waals surface area contributed by atoms with E-state index >= 15 is 0 Å². The molecule has 0 bridgehead atoms. The Bertz CT molecular complexity index is 93.1. The second kappa shape index (κ2) is 3.49. The summed E-state index contributed by atoms with van der Waals surface area (Å²) in [6, 6.07) is 0. The van der Waals surface area contributed by atoms with Crippen LogP contribution in [0.25, 0.3) is 0 Å². The average Bonchev–Trinajstić information content (AvgIpc) is 1.68. The van der Waals surface area contributed by atoms with E-state index in [0.29, 0.717) is 5.92 Å². The van der Waals surface area contributed by atoms with E-state index in [1.165, 1.54) is 0 Å². The molecule has 0 heterocycles. The maximum atomic E-state index is 5.06. The van der Waals surface area contributed by atoms with Crippen LogP contribution >= 0.6 is 0 Å². The van der Waals surface area contributed by atoms with Crippen LogP contribution in [0, 0.1) is 18.3 Å². The molecule has 0 saturated heterocycles. The van der Waals surface area contributed by atoms with Gasteiger partial charge in [-0.2, -0.15) is 0 Å². The van der Waals surface area contributed by atoms with Gasteiger partial charge in [-0.25, -0.2) is 0 Å². The van der Waals surface area contributed by atoms with Gasteiger partial charge >= 0.3 is 0 Å². The van der Waals surface area contributed by atoms with Crippen molar-refractivity contribution in [1.29, 1.82) is 0 Å². The second-order valence-corrected chi connectivity index (χ2v) is 1.48. The third-order valence-corrected chi connectivity index (χ3v) is 0.744. The average molecular weight is 94.2 g/mol. The first-order chi connectivity index (χ1) is 3.31. The minimum atomic E-state index is 0.296. The topological polar surface area (TPSA) is 0 Å². The van der Waals surface area contributed by atoms with E-state index in [2.05, 4.69) is 5.92 Å². The molecule has 0 aliphatic carbocycles. The Morgan fingerprint density at radius 3 is 2.43 bits per heavy atom. The summed E-state index contributed by atoms with van der Waals surface area (Å²) in [6.45, 7) is 3.95. The minimum absolute atomic E-state index is 0.296. The molecule has 0 aromatic carbocycles. The van der Waals surface area contributed by atoms with E-state index in [1.807, 2.05) is 26.0 Å². The standard InChI is InChI=1S/C7H10/c1-4-6-7(3)5-2/h2,4,6-7H,1,3H3. The SMILES string of the molecule is C#CC(C)C=CC. The maximum Gasteiger partial charge on any atom is 0.0351 e. The Hall–Kier alpha value is -0.700. The molecule has 0 radical (unpaired) electrons. The van der Waals surface area contributed by atoms with Crippen molar-refractivity contribution in [2.24, 2.45) is 5.92 Å². The lowest BCUT2D eigenvalue weighted by molar-refractivity contribution is 0.979. The molecule has 0 aromatic rings. The number of rotatable bonds is 1. The van der Waals surface area contributed by atoms with E-state index in [4.69, 9.17) is 6.42 Å². The quantitative estimate of drug-likeness (QED) is 0.343. The summed E-state index contributed by atoms with van der Waals surface area (Å²) in [7, 11) is 0. The zero-order valence-electron chi connectivity index (χ0n) is 4.81. The summed E-state index contributed by atoms with van der Waals surface area (Å²) in [5.74, 6) is 2.88. The molecule has 7 heavy (non-hydrogen) atoms. The van der Waals surface area contributed by atoms with Gasteiger partial charge in [0.05, 0.1) is 0 Å². The summed E-state index contributed by atoms with van der Waals surface area (Å²) in [5.41, 5.74) is 0. The highest BCUT2D eigenvalue weighted by Crippen LogP contribution is 1.91. The van der Waals surface area contributed by atoms with Crippen LogP contribution < -0.4 is 0 Å². The van der Waals surface area contributed by atoms with E-state index in [1.54, 1.807) is 0 Å². The summed E-state index contributed by atoms with van der Waals surface area (Å²) in [4.78, 5) is 0. The minimum Gasteiger partial charge on any atom is -0.119 e. The molecule has 0 aliphatic heterocycles. The fourth-order valence-electron chi connectivity index (χ4n) is 0.344. The third-order valence-electron chi connectivity index (χ3n) is 0.744. The summed E-state index contributed by atoms with van der Waals surface area (Å²) in [5, 5.41) is 0. The van der Waals surface area contributed by atoms with Crippen molar-refractivity contribution in [2.75, 3.05) is 0 Å². The smallest absolute Gasteiger partial charge is 0.0351 e. The first-order valence-corrected chi connectivity index (χ1v) is 2.40. The zero-order valence-corrected chi connectivity index (χ0v) is 4.81. The largest absolute Gasteiger partial charge is 0.119 e. The first kappa shape index (κ1) is 6.30. The molecule has 0 nitrogen and oxygen atoms in total. The molecule has 0 spiro atoms. The van der Waals surface area contributed by atoms with Gasteiger partial charge in [-0.15, -0.1) is 6.42 Å². The molecule has 0 fully saturated rings. The van der Waals surface area contributed by atoms with Crippen LogP contribution in [0.3, 0.4) is 0 Å². The lowest BCUT2D eigenvalue weighted by atomic mass is 10.2. The van der Waals surface area contributed by atoms with E-state index in [9.17, 15) is 0 Å². The first-order valence-electron chi connectivity index (χ1n) is 2.40. The molecule has 0 aromatic heterocycles. The van der Waals surface area contributed by atoms with Gasteiger partial charge in [-0.3, -0.25) is 0 Å². The van der Waals surface area contributed by atoms with E-state index in [-0.39, 0.29) is 0 Å². The molecule has 38 valence electrons. The number of hydrogen-bond donors (Lipinski definition) is 0.